The fourth-order valence-corrected chi connectivity index (χ4v) is 1.91. The molecule has 2 atom stereocenters. The van der Waals surface area contributed by atoms with Gasteiger partial charge < -0.3 is 10.8 Å². The van der Waals surface area contributed by atoms with E-state index < -0.39 is 6.10 Å². The van der Waals surface area contributed by atoms with Crippen LogP contribution >= 0.6 is 34.2 Å². The van der Waals surface area contributed by atoms with Crippen LogP contribution < -0.4 is 5.73 Å². The first-order valence-electron chi connectivity index (χ1n) is 3.91. The average Bonchev–Trinajstić information content (AvgIpc) is 2.08. The van der Waals surface area contributed by atoms with Gasteiger partial charge in [-0.2, -0.15) is 0 Å². The predicted molar refractivity (Wildman–Crippen MR) is 62.8 cm³/mol. The van der Waals surface area contributed by atoms with Gasteiger partial charge >= 0.3 is 0 Å². The molecule has 3 N–H and O–H groups in total. The first kappa shape index (κ1) is 11.2. The van der Waals surface area contributed by atoms with Crippen LogP contribution in [0.2, 0.25) is 5.02 Å². The van der Waals surface area contributed by atoms with Crippen molar-refractivity contribution in [3.63, 3.8) is 0 Å². The summed E-state index contributed by atoms with van der Waals surface area (Å²) in [6.07, 6.45) is -0.563. The van der Waals surface area contributed by atoms with Crippen molar-refractivity contribution in [2.75, 3.05) is 0 Å². The normalized spacial score (nSPS) is 15.5. The minimum atomic E-state index is -0.563. The molecule has 0 amide bonds. The van der Waals surface area contributed by atoms with Gasteiger partial charge in [-0.1, -0.05) is 11.6 Å². The smallest absolute Gasteiger partial charge is 0.0705 e. The molecule has 0 saturated carbocycles. The summed E-state index contributed by atoms with van der Waals surface area (Å²) in [6, 6.07) is 5.12. The van der Waals surface area contributed by atoms with Crippen LogP contribution in [-0.4, -0.2) is 11.2 Å². The second kappa shape index (κ2) is 4.59. The van der Waals surface area contributed by atoms with E-state index in [2.05, 4.69) is 22.6 Å². The second-order valence-electron chi connectivity index (χ2n) is 2.93. The van der Waals surface area contributed by atoms with Crippen LogP contribution in [-0.2, 0) is 0 Å². The fourth-order valence-electron chi connectivity index (χ4n) is 1.03. The fraction of sp³-hybridized carbons (Fsp3) is 0.333. The van der Waals surface area contributed by atoms with Crippen molar-refractivity contribution in [3.05, 3.63) is 32.4 Å². The first-order chi connectivity index (χ1) is 6.02. The zero-order chi connectivity index (χ0) is 10.0. The Morgan fingerprint density at radius 1 is 1.54 bits per heavy atom. The van der Waals surface area contributed by atoms with Crippen LogP contribution in [0.15, 0.2) is 18.2 Å². The molecule has 0 saturated heterocycles. The molecule has 1 aromatic carbocycles. The van der Waals surface area contributed by atoms with Crippen molar-refractivity contribution in [3.8, 4) is 0 Å². The quantitative estimate of drug-likeness (QED) is 0.824. The minimum absolute atomic E-state index is 0.370. The Bertz CT molecular complexity index is 304. The van der Waals surface area contributed by atoms with Gasteiger partial charge in [0.15, 0.2) is 0 Å². The Morgan fingerprint density at radius 3 is 2.69 bits per heavy atom. The molecule has 0 spiro atoms. The maximum absolute atomic E-state index is 9.32. The minimum Gasteiger partial charge on any atom is -0.391 e. The van der Waals surface area contributed by atoms with Gasteiger partial charge in [0, 0.05) is 8.59 Å². The van der Waals surface area contributed by atoms with Crippen LogP contribution in [0.1, 0.15) is 18.5 Å². The van der Waals surface area contributed by atoms with Gasteiger partial charge in [0.25, 0.3) is 0 Å². The highest BCUT2D eigenvalue weighted by molar-refractivity contribution is 14.1. The molecule has 0 fully saturated rings. The molecule has 72 valence electrons. The van der Waals surface area contributed by atoms with Gasteiger partial charge in [-0.25, -0.2) is 0 Å². The molecule has 0 aliphatic rings. The van der Waals surface area contributed by atoms with Gasteiger partial charge in [-0.3, -0.25) is 0 Å². The molecule has 0 aromatic heterocycles. The van der Waals surface area contributed by atoms with E-state index in [1.165, 1.54) is 0 Å². The van der Waals surface area contributed by atoms with Gasteiger partial charge in [-0.05, 0) is 53.3 Å². The van der Waals surface area contributed by atoms with E-state index in [0.29, 0.717) is 5.02 Å². The zero-order valence-corrected chi connectivity index (χ0v) is 10.1. The maximum atomic E-state index is 9.32. The van der Waals surface area contributed by atoms with Crippen LogP contribution in [0.5, 0.6) is 0 Å². The summed E-state index contributed by atoms with van der Waals surface area (Å²) in [6.45, 7) is 1.67. The van der Waals surface area contributed by atoms with E-state index >= 15 is 0 Å². The number of hydrogen-bond acceptors (Lipinski definition) is 2. The summed E-state index contributed by atoms with van der Waals surface area (Å²) in [5, 5.41) is 9.96. The standard InChI is InChI=1S/C9H11ClINO/c1-5(13)9(12)7-4-6(10)2-3-8(7)11/h2-5,9,13H,12H2,1H3. The number of aliphatic hydroxyl groups excluding tert-OH is 1. The SMILES string of the molecule is CC(O)C(N)c1cc(Cl)ccc1I. The highest BCUT2D eigenvalue weighted by Gasteiger charge is 2.14. The lowest BCUT2D eigenvalue weighted by atomic mass is 10.0. The molecule has 0 aliphatic carbocycles. The molecule has 0 aliphatic heterocycles. The number of halogens is 2. The molecule has 0 radical (unpaired) electrons. The third-order valence-electron chi connectivity index (χ3n) is 1.84. The van der Waals surface area contributed by atoms with Gasteiger partial charge in [-0.15, -0.1) is 0 Å². The monoisotopic (exact) mass is 311 g/mol. The molecule has 1 aromatic rings. The Balaban J connectivity index is 3.05. The third kappa shape index (κ3) is 2.80. The van der Waals surface area contributed by atoms with Crippen LogP contribution in [0, 0.1) is 3.57 Å². The number of nitrogens with two attached hydrogens (primary N) is 1. The number of aliphatic hydroxyl groups is 1. The van der Waals surface area contributed by atoms with Crippen molar-refractivity contribution in [1.82, 2.24) is 0 Å². The topological polar surface area (TPSA) is 46.2 Å². The van der Waals surface area contributed by atoms with Crippen LogP contribution in [0.3, 0.4) is 0 Å². The first-order valence-corrected chi connectivity index (χ1v) is 5.36. The van der Waals surface area contributed by atoms with E-state index in [0.717, 1.165) is 9.13 Å². The van der Waals surface area contributed by atoms with E-state index in [-0.39, 0.29) is 6.04 Å². The summed E-state index contributed by atoms with van der Waals surface area (Å²) in [5.41, 5.74) is 6.69. The summed E-state index contributed by atoms with van der Waals surface area (Å²) in [5.74, 6) is 0. The molecule has 0 heterocycles. The highest BCUT2D eigenvalue weighted by Crippen LogP contribution is 2.24. The van der Waals surface area contributed by atoms with Crippen molar-refractivity contribution < 1.29 is 5.11 Å². The Morgan fingerprint density at radius 2 is 2.15 bits per heavy atom. The molecular weight excluding hydrogens is 300 g/mol. The molecule has 2 unspecified atom stereocenters. The highest BCUT2D eigenvalue weighted by atomic mass is 127. The van der Waals surface area contributed by atoms with E-state index in [1.807, 2.05) is 12.1 Å². The van der Waals surface area contributed by atoms with E-state index in [4.69, 9.17) is 17.3 Å². The van der Waals surface area contributed by atoms with E-state index in [1.54, 1.807) is 13.0 Å². The summed E-state index contributed by atoms with van der Waals surface area (Å²) < 4.78 is 1.02. The van der Waals surface area contributed by atoms with Crippen molar-refractivity contribution in [2.45, 2.75) is 19.1 Å². The Kier molecular flexibility index (Phi) is 3.97. The number of rotatable bonds is 2. The van der Waals surface area contributed by atoms with Gasteiger partial charge in [0.1, 0.15) is 0 Å². The second-order valence-corrected chi connectivity index (χ2v) is 4.53. The van der Waals surface area contributed by atoms with Crippen molar-refractivity contribution in [2.24, 2.45) is 5.73 Å². The average molecular weight is 312 g/mol. The van der Waals surface area contributed by atoms with Crippen LogP contribution in [0.4, 0.5) is 0 Å². The molecule has 0 bridgehead atoms. The lowest BCUT2D eigenvalue weighted by Gasteiger charge is -2.16. The van der Waals surface area contributed by atoms with Crippen molar-refractivity contribution >= 4 is 34.2 Å². The summed E-state index contributed by atoms with van der Waals surface area (Å²) in [7, 11) is 0. The third-order valence-corrected chi connectivity index (χ3v) is 3.05. The Hall–Kier alpha value is 0.160. The lowest BCUT2D eigenvalue weighted by molar-refractivity contribution is 0.164. The molecule has 13 heavy (non-hydrogen) atoms. The van der Waals surface area contributed by atoms with Crippen molar-refractivity contribution in [1.29, 1.82) is 0 Å². The predicted octanol–water partition coefficient (Wildman–Crippen LogP) is 2.33. The molecule has 4 heteroatoms. The number of benzene rings is 1. The van der Waals surface area contributed by atoms with Gasteiger partial charge in [0.2, 0.25) is 0 Å². The van der Waals surface area contributed by atoms with Gasteiger partial charge in [0.05, 0.1) is 12.1 Å². The molecular formula is C9H11ClINO. The molecule has 2 nitrogen and oxygen atoms in total. The number of hydrogen-bond donors (Lipinski definition) is 2. The maximum Gasteiger partial charge on any atom is 0.0705 e. The van der Waals surface area contributed by atoms with Crippen LogP contribution in [0.25, 0.3) is 0 Å². The zero-order valence-electron chi connectivity index (χ0n) is 7.17. The largest absolute Gasteiger partial charge is 0.391 e. The molecule has 1 rings (SSSR count). The lowest BCUT2D eigenvalue weighted by Crippen LogP contribution is -2.24. The summed E-state index contributed by atoms with van der Waals surface area (Å²) >= 11 is 8.00. The summed E-state index contributed by atoms with van der Waals surface area (Å²) in [4.78, 5) is 0. The Labute approximate surface area is 96.2 Å². The van der Waals surface area contributed by atoms with E-state index in [9.17, 15) is 5.11 Å².